The predicted octanol–water partition coefficient (Wildman–Crippen LogP) is 1.31. The average Bonchev–Trinajstić information content (AvgIpc) is 2.66. The molecule has 2 heterocycles. The molecule has 0 spiro atoms. The van der Waals surface area contributed by atoms with Crippen LogP contribution < -0.4 is 5.32 Å². The van der Waals surface area contributed by atoms with E-state index >= 15 is 0 Å². The van der Waals surface area contributed by atoms with Gasteiger partial charge < -0.3 is 5.32 Å². The van der Waals surface area contributed by atoms with Gasteiger partial charge in [0.25, 0.3) is 0 Å². The molecule has 17 heavy (non-hydrogen) atoms. The van der Waals surface area contributed by atoms with E-state index in [-0.39, 0.29) is 11.3 Å². The molecule has 0 radical (unpaired) electrons. The summed E-state index contributed by atoms with van der Waals surface area (Å²) in [6.07, 6.45) is 5.09. The Bertz CT molecular complexity index is 459. The normalized spacial score (nSPS) is 24.6. The zero-order valence-corrected chi connectivity index (χ0v) is 10.8. The Morgan fingerprint density at radius 2 is 2.18 bits per heavy atom. The standard InChI is InChI=1S/C12H18N2O2S/c1-10(11-4-6-13-7-5-11)14-9-12-3-2-8-17(12,15)16/h4-7,10,12,14H,2-3,8-9H2,1H3. The average molecular weight is 254 g/mol. The summed E-state index contributed by atoms with van der Waals surface area (Å²) < 4.78 is 23.3. The summed E-state index contributed by atoms with van der Waals surface area (Å²) in [4.78, 5) is 3.96. The fourth-order valence-corrected chi connectivity index (χ4v) is 3.94. The number of nitrogens with one attached hydrogen (secondary N) is 1. The number of aromatic nitrogens is 1. The first-order valence-corrected chi connectivity index (χ1v) is 7.66. The van der Waals surface area contributed by atoms with E-state index < -0.39 is 9.84 Å². The molecule has 0 bridgehead atoms. The highest BCUT2D eigenvalue weighted by Crippen LogP contribution is 2.20. The van der Waals surface area contributed by atoms with Gasteiger partial charge in [-0.1, -0.05) is 0 Å². The molecule has 1 aromatic rings. The van der Waals surface area contributed by atoms with Crippen LogP contribution in [0.3, 0.4) is 0 Å². The van der Waals surface area contributed by atoms with Crippen LogP contribution in [0.2, 0.25) is 0 Å². The second kappa shape index (κ2) is 5.14. The van der Waals surface area contributed by atoms with E-state index in [0.717, 1.165) is 18.4 Å². The summed E-state index contributed by atoms with van der Waals surface area (Å²) in [7, 11) is -2.84. The molecule has 0 amide bonds. The van der Waals surface area contributed by atoms with Crippen LogP contribution in [0.5, 0.6) is 0 Å². The number of nitrogens with zero attached hydrogens (tertiary/aromatic N) is 1. The molecule has 2 unspecified atom stereocenters. The Labute approximate surface area is 102 Å². The van der Waals surface area contributed by atoms with Gasteiger partial charge in [0.05, 0.1) is 11.0 Å². The van der Waals surface area contributed by atoms with Crippen LogP contribution in [0.1, 0.15) is 31.4 Å². The quantitative estimate of drug-likeness (QED) is 0.880. The maximum absolute atomic E-state index is 11.7. The van der Waals surface area contributed by atoms with Crippen LogP contribution in [-0.2, 0) is 9.84 Å². The van der Waals surface area contributed by atoms with Crippen molar-refractivity contribution in [2.45, 2.75) is 31.1 Å². The third-order valence-corrected chi connectivity index (χ3v) is 5.60. The fourth-order valence-electron chi connectivity index (χ4n) is 2.17. The van der Waals surface area contributed by atoms with E-state index in [1.807, 2.05) is 19.1 Å². The Morgan fingerprint density at radius 1 is 1.47 bits per heavy atom. The molecular formula is C12H18N2O2S. The van der Waals surface area contributed by atoms with Crippen LogP contribution in [0.15, 0.2) is 24.5 Å². The first-order chi connectivity index (χ1) is 8.09. The lowest BCUT2D eigenvalue weighted by atomic mass is 10.1. The molecule has 2 rings (SSSR count). The largest absolute Gasteiger partial charge is 0.309 e. The van der Waals surface area contributed by atoms with Crippen molar-refractivity contribution in [1.82, 2.24) is 10.3 Å². The van der Waals surface area contributed by atoms with Gasteiger partial charge in [0.1, 0.15) is 0 Å². The van der Waals surface area contributed by atoms with E-state index in [9.17, 15) is 8.42 Å². The molecule has 1 saturated heterocycles. The highest BCUT2D eigenvalue weighted by atomic mass is 32.2. The first kappa shape index (κ1) is 12.5. The minimum Gasteiger partial charge on any atom is -0.309 e. The lowest BCUT2D eigenvalue weighted by molar-refractivity contribution is 0.538. The molecule has 2 atom stereocenters. The maximum Gasteiger partial charge on any atom is 0.154 e. The van der Waals surface area contributed by atoms with Crippen molar-refractivity contribution < 1.29 is 8.42 Å². The van der Waals surface area contributed by atoms with Gasteiger partial charge in [0.15, 0.2) is 9.84 Å². The van der Waals surface area contributed by atoms with E-state index in [2.05, 4.69) is 10.3 Å². The van der Waals surface area contributed by atoms with E-state index in [1.165, 1.54) is 0 Å². The molecule has 4 nitrogen and oxygen atoms in total. The summed E-state index contributed by atoms with van der Waals surface area (Å²) in [6, 6.07) is 4.05. The van der Waals surface area contributed by atoms with Crippen LogP contribution >= 0.6 is 0 Å². The summed E-state index contributed by atoms with van der Waals surface area (Å²) in [6.45, 7) is 2.59. The van der Waals surface area contributed by atoms with Crippen LogP contribution in [0.4, 0.5) is 0 Å². The number of sulfone groups is 1. The number of hydrogen-bond donors (Lipinski definition) is 1. The zero-order chi connectivity index (χ0) is 12.3. The van der Waals surface area contributed by atoms with Crippen LogP contribution in [-0.4, -0.2) is 30.9 Å². The van der Waals surface area contributed by atoms with Crippen molar-refractivity contribution in [2.24, 2.45) is 0 Å². The van der Waals surface area contributed by atoms with E-state index in [4.69, 9.17) is 0 Å². The van der Waals surface area contributed by atoms with E-state index in [1.54, 1.807) is 12.4 Å². The van der Waals surface area contributed by atoms with Crippen molar-refractivity contribution >= 4 is 9.84 Å². The zero-order valence-electron chi connectivity index (χ0n) is 9.96. The second-order valence-electron chi connectivity index (χ2n) is 4.54. The summed E-state index contributed by atoms with van der Waals surface area (Å²) in [5.74, 6) is 0.350. The van der Waals surface area contributed by atoms with Crippen LogP contribution in [0, 0.1) is 0 Å². The SMILES string of the molecule is CC(NCC1CCCS1(=O)=O)c1ccncc1. The van der Waals surface area contributed by atoms with Crippen molar-refractivity contribution in [3.63, 3.8) is 0 Å². The van der Waals surface area contributed by atoms with Gasteiger partial charge in [-0.05, 0) is 37.5 Å². The van der Waals surface area contributed by atoms with Gasteiger partial charge in [-0.15, -0.1) is 0 Å². The highest BCUT2D eigenvalue weighted by molar-refractivity contribution is 7.92. The lowest BCUT2D eigenvalue weighted by Crippen LogP contribution is -2.32. The van der Waals surface area contributed by atoms with Gasteiger partial charge in [-0.2, -0.15) is 0 Å². The van der Waals surface area contributed by atoms with Gasteiger partial charge in [0, 0.05) is 25.0 Å². The molecule has 1 aromatic heterocycles. The van der Waals surface area contributed by atoms with Gasteiger partial charge in [0.2, 0.25) is 0 Å². The summed E-state index contributed by atoms with van der Waals surface area (Å²) in [5, 5.41) is 3.09. The Balaban J connectivity index is 1.91. The predicted molar refractivity (Wildman–Crippen MR) is 67.5 cm³/mol. The first-order valence-electron chi connectivity index (χ1n) is 5.94. The fraction of sp³-hybridized carbons (Fsp3) is 0.583. The molecule has 0 aromatic carbocycles. The Kier molecular flexibility index (Phi) is 3.79. The van der Waals surface area contributed by atoms with Crippen molar-refractivity contribution in [1.29, 1.82) is 0 Å². The summed E-state index contributed by atoms with van der Waals surface area (Å²) in [5.41, 5.74) is 1.13. The monoisotopic (exact) mass is 254 g/mol. The molecule has 1 N–H and O–H groups in total. The topological polar surface area (TPSA) is 59.1 Å². The van der Waals surface area contributed by atoms with Crippen molar-refractivity contribution in [2.75, 3.05) is 12.3 Å². The molecule has 1 aliphatic rings. The van der Waals surface area contributed by atoms with E-state index in [0.29, 0.717) is 12.3 Å². The van der Waals surface area contributed by atoms with Gasteiger partial charge >= 0.3 is 0 Å². The number of pyridine rings is 1. The Morgan fingerprint density at radius 3 is 2.76 bits per heavy atom. The third-order valence-electron chi connectivity index (χ3n) is 3.32. The second-order valence-corrected chi connectivity index (χ2v) is 6.94. The minimum absolute atomic E-state index is 0.161. The minimum atomic E-state index is -2.84. The molecule has 1 aliphatic heterocycles. The Hall–Kier alpha value is -0.940. The number of hydrogen-bond acceptors (Lipinski definition) is 4. The van der Waals surface area contributed by atoms with Gasteiger partial charge in [-0.25, -0.2) is 8.42 Å². The third kappa shape index (κ3) is 3.04. The molecule has 5 heteroatoms. The van der Waals surface area contributed by atoms with Gasteiger partial charge in [-0.3, -0.25) is 4.98 Å². The molecule has 1 fully saturated rings. The molecule has 94 valence electrons. The van der Waals surface area contributed by atoms with Crippen molar-refractivity contribution in [3.05, 3.63) is 30.1 Å². The molecular weight excluding hydrogens is 236 g/mol. The van der Waals surface area contributed by atoms with Crippen LogP contribution in [0.25, 0.3) is 0 Å². The summed E-state index contributed by atoms with van der Waals surface area (Å²) >= 11 is 0. The lowest BCUT2D eigenvalue weighted by Gasteiger charge is -2.17. The highest BCUT2D eigenvalue weighted by Gasteiger charge is 2.31. The number of rotatable bonds is 4. The van der Waals surface area contributed by atoms with Crippen molar-refractivity contribution in [3.8, 4) is 0 Å². The maximum atomic E-state index is 11.7. The molecule has 0 aliphatic carbocycles. The molecule has 0 saturated carbocycles. The smallest absolute Gasteiger partial charge is 0.154 e.